The Hall–Kier alpha value is -2.14. The van der Waals surface area contributed by atoms with Gasteiger partial charge in [-0.15, -0.1) is 0 Å². The van der Waals surface area contributed by atoms with E-state index in [0.29, 0.717) is 12.2 Å². The minimum atomic E-state index is -0.218. The fourth-order valence-electron chi connectivity index (χ4n) is 1.50. The SMILES string of the molecule is NCC(=O)Nc1cnn(Cc2ccccc2)c1. The van der Waals surface area contributed by atoms with Crippen LogP contribution in [0.25, 0.3) is 0 Å². The highest BCUT2D eigenvalue weighted by Crippen LogP contribution is 2.07. The normalized spacial score (nSPS) is 10.2. The molecule has 2 aromatic rings. The van der Waals surface area contributed by atoms with Crippen LogP contribution in [0.2, 0.25) is 0 Å². The van der Waals surface area contributed by atoms with Crippen molar-refractivity contribution in [1.29, 1.82) is 0 Å². The van der Waals surface area contributed by atoms with Crippen LogP contribution in [-0.2, 0) is 11.3 Å². The molecular weight excluding hydrogens is 216 g/mol. The molecule has 0 radical (unpaired) electrons. The maximum atomic E-state index is 11.1. The molecule has 0 aliphatic carbocycles. The number of amides is 1. The summed E-state index contributed by atoms with van der Waals surface area (Å²) in [5.74, 6) is -0.218. The van der Waals surface area contributed by atoms with Crippen molar-refractivity contribution in [3.63, 3.8) is 0 Å². The highest BCUT2D eigenvalue weighted by molar-refractivity contribution is 5.91. The van der Waals surface area contributed by atoms with Gasteiger partial charge in [0.15, 0.2) is 0 Å². The van der Waals surface area contributed by atoms with Crippen molar-refractivity contribution in [3.05, 3.63) is 48.3 Å². The number of nitrogens with zero attached hydrogens (tertiary/aromatic N) is 2. The zero-order valence-corrected chi connectivity index (χ0v) is 9.34. The summed E-state index contributed by atoms with van der Waals surface area (Å²) in [4.78, 5) is 11.1. The van der Waals surface area contributed by atoms with E-state index in [0.717, 1.165) is 5.56 Å². The number of rotatable bonds is 4. The lowest BCUT2D eigenvalue weighted by Crippen LogP contribution is -2.21. The van der Waals surface area contributed by atoms with Gasteiger partial charge in [-0.1, -0.05) is 30.3 Å². The maximum Gasteiger partial charge on any atom is 0.238 e. The highest BCUT2D eigenvalue weighted by Gasteiger charge is 2.02. The molecule has 0 spiro atoms. The Balaban J connectivity index is 2.01. The van der Waals surface area contributed by atoms with E-state index in [1.54, 1.807) is 17.1 Å². The molecule has 0 bridgehead atoms. The fourth-order valence-corrected chi connectivity index (χ4v) is 1.50. The first-order chi connectivity index (χ1) is 8.28. The molecule has 3 N–H and O–H groups in total. The molecule has 1 amide bonds. The monoisotopic (exact) mass is 230 g/mol. The molecule has 0 unspecified atom stereocenters. The van der Waals surface area contributed by atoms with E-state index in [9.17, 15) is 4.79 Å². The predicted octanol–water partition coefficient (Wildman–Crippen LogP) is 0.829. The summed E-state index contributed by atoms with van der Waals surface area (Å²) >= 11 is 0. The first-order valence-corrected chi connectivity index (χ1v) is 5.34. The smallest absolute Gasteiger partial charge is 0.238 e. The quantitative estimate of drug-likeness (QED) is 0.817. The molecule has 0 atom stereocenters. The van der Waals surface area contributed by atoms with E-state index in [4.69, 9.17) is 5.73 Å². The molecule has 2 rings (SSSR count). The molecule has 88 valence electrons. The van der Waals surface area contributed by atoms with Crippen molar-refractivity contribution in [3.8, 4) is 0 Å². The van der Waals surface area contributed by atoms with Gasteiger partial charge in [0.05, 0.1) is 25.0 Å². The largest absolute Gasteiger partial charge is 0.322 e. The van der Waals surface area contributed by atoms with Gasteiger partial charge in [-0.05, 0) is 5.56 Å². The second kappa shape index (κ2) is 5.27. The summed E-state index contributed by atoms with van der Waals surface area (Å²) in [6, 6.07) is 9.99. The van der Waals surface area contributed by atoms with Crippen LogP contribution >= 0.6 is 0 Å². The van der Waals surface area contributed by atoms with Crippen molar-refractivity contribution in [2.75, 3.05) is 11.9 Å². The van der Waals surface area contributed by atoms with E-state index in [-0.39, 0.29) is 12.5 Å². The molecule has 0 fully saturated rings. The van der Waals surface area contributed by atoms with Crippen molar-refractivity contribution >= 4 is 11.6 Å². The lowest BCUT2D eigenvalue weighted by Gasteiger charge is -2.01. The third-order valence-electron chi connectivity index (χ3n) is 2.29. The van der Waals surface area contributed by atoms with E-state index in [2.05, 4.69) is 10.4 Å². The summed E-state index contributed by atoms with van der Waals surface area (Å²) in [5.41, 5.74) is 7.03. The Morgan fingerprint density at radius 1 is 1.35 bits per heavy atom. The minimum absolute atomic E-state index is 0.0239. The number of carbonyl (C=O) groups is 1. The number of nitrogens with two attached hydrogens (primary N) is 1. The second-order valence-electron chi connectivity index (χ2n) is 3.66. The molecule has 1 aromatic heterocycles. The van der Waals surface area contributed by atoms with Gasteiger partial charge in [-0.3, -0.25) is 9.48 Å². The van der Waals surface area contributed by atoms with Gasteiger partial charge >= 0.3 is 0 Å². The average molecular weight is 230 g/mol. The van der Waals surface area contributed by atoms with Crippen LogP contribution in [0.1, 0.15) is 5.56 Å². The summed E-state index contributed by atoms with van der Waals surface area (Å²) < 4.78 is 1.77. The topological polar surface area (TPSA) is 72.9 Å². The van der Waals surface area contributed by atoms with Gasteiger partial charge in [-0.2, -0.15) is 5.10 Å². The molecule has 5 heteroatoms. The molecule has 0 saturated heterocycles. The van der Waals surface area contributed by atoms with E-state index >= 15 is 0 Å². The van der Waals surface area contributed by atoms with Crippen LogP contribution in [0, 0.1) is 0 Å². The molecule has 17 heavy (non-hydrogen) atoms. The Bertz CT molecular complexity index is 492. The summed E-state index contributed by atoms with van der Waals surface area (Å²) in [6.45, 7) is 0.656. The van der Waals surface area contributed by atoms with Crippen molar-refractivity contribution in [2.24, 2.45) is 5.73 Å². The van der Waals surface area contributed by atoms with Gasteiger partial charge in [0.1, 0.15) is 0 Å². The van der Waals surface area contributed by atoms with Gasteiger partial charge in [-0.25, -0.2) is 0 Å². The van der Waals surface area contributed by atoms with Gasteiger partial charge in [0.25, 0.3) is 0 Å². The van der Waals surface area contributed by atoms with Crippen LogP contribution in [-0.4, -0.2) is 22.2 Å². The molecule has 0 aliphatic rings. The second-order valence-corrected chi connectivity index (χ2v) is 3.66. The van der Waals surface area contributed by atoms with Gasteiger partial charge in [0.2, 0.25) is 5.91 Å². The zero-order chi connectivity index (χ0) is 12.1. The third-order valence-corrected chi connectivity index (χ3v) is 2.29. The van der Waals surface area contributed by atoms with E-state index < -0.39 is 0 Å². The number of nitrogens with one attached hydrogen (secondary N) is 1. The van der Waals surface area contributed by atoms with Crippen molar-refractivity contribution in [2.45, 2.75) is 6.54 Å². The van der Waals surface area contributed by atoms with E-state index in [1.165, 1.54) is 0 Å². The number of carbonyl (C=O) groups excluding carboxylic acids is 1. The van der Waals surface area contributed by atoms with Crippen molar-refractivity contribution in [1.82, 2.24) is 9.78 Å². The third kappa shape index (κ3) is 3.15. The molecule has 0 saturated carbocycles. The van der Waals surface area contributed by atoms with E-state index in [1.807, 2.05) is 30.3 Å². The standard InChI is InChI=1S/C12H14N4O/c13-6-12(17)15-11-7-14-16(9-11)8-10-4-2-1-3-5-10/h1-5,7,9H,6,8,13H2,(H,15,17). The number of hydrogen-bond donors (Lipinski definition) is 2. The zero-order valence-electron chi connectivity index (χ0n) is 9.34. The lowest BCUT2D eigenvalue weighted by atomic mass is 10.2. The molecular formula is C12H14N4O. The minimum Gasteiger partial charge on any atom is -0.322 e. The molecule has 0 aliphatic heterocycles. The number of aromatic nitrogens is 2. The first-order valence-electron chi connectivity index (χ1n) is 5.34. The first kappa shape index (κ1) is 11.3. The predicted molar refractivity (Wildman–Crippen MR) is 65.5 cm³/mol. The molecule has 1 aromatic carbocycles. The number of benzene rings is 1. The summed E-state index contributed by atoms with van der Waals surface area (Å²) in [5, 5.41) is 6.81. The molecule has 5 nitrogen and oxygen atoms in total. The summed E-state index contributed by atoms with van der Waals surface area (Å²) in [7, 11) is 0. The Morgan fingerprint density at radius 3 is 2.82 bits per heavy atom. The summed E-state index contributed by atoms with van der Waals surface area (Å²) in [6.07, 6.45) is 3.39. The Labute approximate surface area is 99.2 Å². The molecule has 1 heterocycles. The Morgan fingerprint density at radius 2 is 2.12 bits per heavy atom. The lowest BCUT2D eigenvalue weighted by molar-refractivity contribution is -0.114. The van der Waals surface area contributed by atoms with Crippen LogP contribution in [0.5, 0.6) is 0 Å². The maximum absolute atomic E-state index is 11.1. The average Bonchev–Trinajstić information content (AvgIpc) is 2.77. The fraction of sp³-hybridized carbons (Fsp3) is 0.167. The van der Waals surface area contributed by atoms with Crippen molar-refractivity contribution < 1.29 is 4.79 Å². The van der Waals surface area contributed by atoms with Crippen LogP contribution < -0.4 is 11.1 Å². The highest BCUT2D eigenvalue weighted by atomic mass is 16.1. The van der Waals surface area contributed by atoms with Crippen LogP contribution in [0.15, 0.2) is 42.7 Å². The Kier molecular flexibility index (Phi) is 3.52. The van der Waals surface area contributed by atoms with Gasteiger partial charge < -0.3 is 11.1 Å². The van der Waals surface area contributed by atoms with Crippen LogP contribution in [0.3, 0.4) is 0 Å². The number of hydrogen-bond acceptors (Lipinski definition) is 3. The van der Waals surface area contributed by atoms with Gasteiger partial charge in [0, 0.05) is 6.20 Å². The number of anilines is 1. The van der Waals surface area contributed by atoms with Crippen LogP contribution in [0.4, 0.5) is 5.69 Å².